The first-order chi connectivity index (χ1) is 7.75. The van der Waals surface area contributed by atoms with E-state index in [9.17, 15) is 9.59 Å². The predicted molar refractivity (Wildman–Crippen MR) is 59.8 cm³/mol. The average Bonchev–Trinajstić information content (AvgIpc) is 2.66. The molecule has 0 bridgehead atoms. The van der Waals surface area contributed by atoms with Crippen molar-refractivity contribution in [2.75, 3.05) is 26.2 Å². The molecule has 2 aliphatic heterocycles. The Morgan fingerprint density at radius 3 is 3.00 bits per heavy atom. The molecule has 2 heterocycles. The number of nitrogens with one attached hydrogen (secondary N) is 2. The fourth-order valence-electron chi connectivity index (χ4n) is 2.29. The van der Waals surface area contributed by atoms with Crippen LogP contribution in [0, 0.1) is 0 Å². The van der Waals surface area contributed by atoms with Crippen LogP contribution >= 0.6 is 0 Å². The maximum Gasteiger partial charge on any atom is 0.239 e. The zero-order valence-electron chi connectivity index (χ0n) is 9.50. The monoisotopic (exact) mass is 225 g/mol. The summed E-state index contributed by atoms with van der Waals surface area (Å²) in [5.74, 6) is 0.0841. The van der Waals surface area contributed by atoms with Gasteiger partial charge in [-0.1, -0.05) is 0 Å². The van der Waals surface area contributed by atoms with Crippen molar-refractivity contribution in [2.45, 2.75) is 31.7 Å². The van der Waals surface area contributed by atoms with Gasteiger partial charge in [-0.3, -0.25) is 9.59 Å². The minimum atomic E-state index is -0.0241. The van der Waals surface area contributed by atoms with E-state index in [1.165, 1.54) is 0 Å². The van der Waals surface area contributed by atoms with Gasteiger partial charge < -0.3 is 15.5 Å². The predicted octanol–water partition coefficient (Wildman–Crippen LogP) is -0.523. The highest BCUT2D eigenvalue weighted by Crippen LogP contribution is 2.08. The molecule has 1 atom stereocenters. The van der Waals surface area contributed by atoms with Crippen molar-refractivity contribution in [3.63, 3.8) is 0 Å². The SMILES string of the molecule is O=C(CN1CCCC1=O)N[C@H]1CCCNC1. The summed E-state index contributed by atoms with van der Waals surface area (Å²) in [6, 6.07) is 0.235. The van der Waals surface area contributed by atoms with Crippen LogP contribution in [0.25, 0.3) is 0 Å². The van der Waals surface area contributed by atoms with Crippen LogP contribution in [0.1, 0.15) is 25.7 Å². The first-order valence-corrected chi connectivity index (χ1v) is 6.03. The molecule has 0 spiro atoms. The van der Waals surface area contributed by atoms with Crippen molar-refractivity contribution in [2.24, 2.45) is 0 Å². The summed E-state index contributed by atoms with van der Waals surface area (Å²) in [4.78, 5) is 24.7. The highest BCUT2D eigenvalue weighted by atomic mass is 16.2. The number of piperidine rings is 1. The van der Waals surface area contributed by atoms with Crippen LogP contribution in [0.4, 0.5) is 0 Å². The van der Waals surface area contributed by atoms with Crippen LogP contribution in [0.3, 0.4) is 0 Å². The first-order valence-electron chi connectivity index (χ1n) is 6.03. The van der Waals surface area contributed by atoms with Gasteiger partial charge in [0, 0.05) is 25.6 Å². The third-order valence-corrected chi connectivity index (χ3v) is 3.17. The molecule has 0 aromatic rings. The molecule has 0 aliphatic carbocycles. The maximum atomic E-state index is 11.7. The zero-order valence-corrected chi connectivity index (χ0v) is 9.50. The van der Waals surface area contributed by atoms with Crippen molar-refractivity contribution in [3.05, 3.63) is 0 Å². The fourth-order valence-corrected chi connectivity index (χ4v) is 2.29. The Bertz CT molecular complexity index is 274. The van der Waals surface area contributed by atoms with Gasteiger partial charge in [0.15, 0.2) is 0 Å². The average molecular weight is 225 g/mol. The van der Waals surface area contributed by atoms with Gasteiger partial charge in [-0.15, -0.1) is 0 Å². The minimum absolute atomic E-state index is 0.0241. The van der Waals surface area contributed by atoms with Gasteiger partial charge in [0.05, 0.1) is 6.54 Å². The number of amides is 2. The van der Waals surface area contributed by atoms with E-state index in [1.807, 2.05) is 0 Å². The van der Waals surface area contributed by atoms with Gasteiger partial charge in [0.2, 0.25) is 11.8 Å². The lowest BCUT2D eigenvalue weighted by Crippen LogP contribution is -2.48. The molecule has 2 N–H and O–H groups in total. The molecule has 2 fully saturated rings. The maximum absolute atomic E-state index is 11.7. The number of nitrogens with zero attached hydrogens (tertiary/aromatic N) is 1. The zero-order chi connectivity index (χ0) is 11.4. The highest BCUT2D eigenvalue weighted by Gasteiger charge is 2.23. The lowest BCUT2D eigenvalue weighted by atomic mass is 10.1. The molecule has 2 amide bonds. The Labute approximate surface area is 95.6 Å². The number of carbonyl (C=O) groups excluding carboxylic acids is 2. The number of carbonyl (C=O) groups is 2. The molecule has 90 valence electrons. The molecule has 2 rings (SSSR count). The van der Waals surface area contributed by atoms with E-state index < -0.39 is 0 Å². The van der Waals surface area contributed by atoms with E-state index in [0.29, 0.717) is 6.42 Å². The molecule has 0 saturated carbocycles. The summed E-state index contributed by atoms with van der Waals surface area (Å²) in [7, 11) is 0. The van der Waals surface area contributed by atoms with E-state index in [2.05, 4.69) is 10.6 Å². The van der Waals surface area contributed by atoms with Crippen molar-refractivity contribution < 1.29 is 9.59 Å². The minimum Gasteiger partial charge on any atom is -0.351 e. The number of hydrogen-bond acceptors (Lipinski definition) is 3. The molecular formula is C11H19N3O2. The van der Waals surface area contributed by atoms with Gasteiger partial charge in [-0.05, 0) is 25.8 Å². The van der Waals surface area contributed by atoms with Crippen molar-refractivity contribution in [1.29, 1.82) is 0 Å². The van der Waals surface area contributed by atoms with Crippen molar-refractivity contribution >= 4 is 11.8 Å². The Hall–Kier alpha value is -1.10. The summed E-state index contributed by atoms with van der Waals surface area (Å²) in [5.41, 5.74) is 0. The summed E-state index contributed by atoms with van der Waals surface area (Å²) in [6.45, 7) is 2.85. The van der Waals surface area contributed by atoms with Gasteiger partial charge in [-0.25, -0.2) is 0 Å². The van der Waals surface area contributed by atoms with Crippen LogP contribution in [-0.4, -0.2) is 48.9 Å². The Kier molecular flexibility index (Phi) is 3.77. The van der Waals surface area contributed by atoms with Crippen LogP contribution in [0.15, 0.2) is 0 Å². The second-order valence-corrected chi connectivity index (χ2v) is 4.53. The third-order valence-electron chi connectivity index (χ3n) is 3.17. The molecule has 0 aromatic carbocycles. The summed E-state index contributed by atoms with van der Waals surface area (Å²) in [5, 5.41) is 6.22. The van der Waals surface area contributed by atoms with Crippen LogP contribution < -0.4 is 10.6 Å². The van der Waals surface area contributed by atoms with Crippen LogP contribution in [-0.2, 0) is 9.59 Å². The van der Waals surface area contributed by atoms with Crippen LogP contribution in [0.2, 0.25) is 0 Å². The molecule has 0 unspecified atom stereocenters. The molecule has 0 radical (unpaired) electrons. The van der Waals surface area contributed by atoms with Gasteiger partial charge in [0.1, 0.15) is 0 Å². The Morgan fingerprint density at radius 1 is 1.50 bits per heavy atom. The molecular weight excluding hydrogens is 206 g/mol. The lowest BCUT2D eigenvalue weighted by molar-refractivity contribution is -0.133. The van der Waals surface area contributed by atoms with Crippen molar-refractivity contribution in [3.8, 4) is 0 Å². The first kappa shape index (κ1) is 11.4. The molecule has 0 aromatic heterocycles. The summed E-state index contributed by atoms with van der Waals surface area (Å²) in [6.07, 6.45) is 3.62. The standard InChI is InChI=1S/C11H19N3O2/c15-10(8-14-6-2-4-11(14)16)13-9-3-1-5-12-7-9/h9,12H,1-8H2,(H,13,15)/t9-/m0/s1. The topological polar surface area (TPSA) is 61.4 Å². The van der Waals surface area contributed by atoms with E-state index in [-0.39, 0.29) is 24.4 Å². The molecule has 5 nitrogen and oxygen atoms in total. The molecule has 2 saturated heterocycles. The number of hydrogen-bond donors (Lipinski definition) is 2. The second kappa shape index (κ2) is 5.30. The highest BCUT2D eigenvalue weighted by molar-refractivity contribution is 5.85. The van der Waals surface area contributed by atoms with Crippen molar-refractivity contribution in [1.82, 2.24) is 15.5 Å². The number of likely N-dealkylation sites (tertiary alicyclic amines) is 1. The Balaban J connectivity index is 1.72. The van der Waals surface area contributed by atoms with Gasteiger partial charge >= 0.3 is 0 Å². The molecule has 5 heteroatoms. The van der Waals surface area contributed by atoms with Crippen LogP contribution in [0.5, 0.6) is 0 Å². The van der Waals surface area contributed by atoms with E-state index in [4.69, 9.17) is 0 Å². The fraction of sp³-hybridized carbons (Fsp3) is 0.818. The normalized spacial score (nSPS) is 25.9. The van der Waals surface area contributed by atoms with Gasteiger partial charge in [0.25, 0.3) is 0 Å². The number of rotatable bonds is 3. The van der Waals surface area contributed by atoms with Gasteiger partial charge in [-0.2, -0.15) is 0 Å². The lowest BCUT2D eigenvalue weighted by Gasteiger charge is -2.25. The molecule has 16 heavy (non-hydrogen) atoms. The largest absolute Gasteiger partial charge is 0.351 e. The summed E-state index contributed by atoms with van der Waals surface area (Å²) >= 11 is 0. The quantitative estimate of drug-likeness (QED) is 0.679. The van der Waals surface area contributed by atoms with E-state index >= 15 is 0 Å². The van der Waals surface area contributed by atoms with E-state index in [0.717, 1.165) is 38.9 Å². The second-order valence-electron chi connectivity index (χ2n) is 4.53. The Morgan fingerprint density at radius 2 is 2.38 bits per heavy atom. The smallest absolute Gasteiger partial charge is 0.239 e. The molecule has 2 aliphatic rings. The third kappa shape index (κ3) is 2.95. The van der Waals surface area contributed by atoms with E-state index in [1.54, 1.807) is 4.90 Å². The summed E-state index contributed by atoms with van der Waals surface area (Å²) < 4.78 is 0.